The number of benzene rings is 10. The lowest BCUT2D eigenvalue weighted by molar-refractivity contribution is 0.669. The third kappa shape index (κ3) is 4.94. The van der Waals surface area contributed by atoms with E-state index in [4.69, 9.17) is 8.83 Å². The van der Waals surface area contributed by atoms with E-state index >= 15 is 0 Å². The van der Waals surface area contributed by atoms with Crippen LogP contribution < -0.4 is 36.6 Å². The van der Waals surface area contributed by atoms with E-state index < -0.39 is 8.07 Å². The van der Waals surface area contributed by atoms with Crippen LogP contribution in [0.25, 0.3) is 65.4 Å². The second-order valence-corrected chi connectivity index (χ2v) is 22.4. The van der Waals surface area contributed by atoms with Crippen LogP contribution in [0.5, 0.6) is 0 Å². The maximum atomic E-state index is 6.51. The zero-order valence-electron chi connectivity index (χ0n) is 35.3. The minimum atomic E-state index is -2.31. The van der Waals surface area contributed by atoms with E-state index in [1.807, 2.05) is 0 Å². The van der Waals surface area contributed by atoms with Crippen LogP contribution >= 0.6 is 0 Å². The SMILES string of the molecule is C[Si](C)(c1ccccc1)c1cc2c3c(c1)N(c1ccccc1)c1c(ccc4cc5oc6ccccc6c5cc14)B3c1ccc3cc4oc5ccccc5c4cc3c1N2c1ccccc1. The van der Waals surface area contributed by atoms with Gasteiger partial charge in [-0.05, 0) is 100.0 Å². The summed E-state index contributed by atoms with van der Waals surface area (Å²) in [5, 5.41) is 12.0. The van der Waals surface area contributed by atoms with Gasteiger partial charge in [0.25, 0.3) is 6.71 Å². The summed E-state index contributed by atoms with van der Waals surface area (Å²) in [7, 11) is -2.31. The summed E-state index contributed by atoms with van der Waals surface area (Å²) in [4.78, 5) is 5.16. The molecule has 12 aromatic rings. The Hall–Kier alpha value is -7.80. The number of nitrogens with zero attached hydrogens (tertiary/aromatic N) is 2. The van der Waals surface area contributed by atoms with Crippen molar-refractivity contribution >= 4 is 141 Å². The smallest absolute Gasteiger partial charge is 0.252 e. The van der Waals surface area contributed by atoms with Crippen LogP contribution in [0, 0.1) is 0 Å². The van der Waals surface area contributed by atoms with Gasteiger partial charge in [-0.2, -0.15) is 0 Å². The van der Waals surface area contributed by atoms with Crippen LogP contribution in [0.1, 0.15) is 0 Å². The topological polar surface area (TPSA) is 32.8 Å². The van der Waals surface area contributed by atoms with Crippen LogP contribution in [-0.2, 0) is 0 Å². The molecule has 4 nitrogen and oxygen atoms in total. The first-order chi connectivity index (χ1) is 31.5. The van der Waals surface area contributed by atoms with Crippen molar-refractivity contribution in [3.8, 4) is 0 Å². The molecule has 2 aliphatic heterocycles. The fourth-order valence-corrected chi connectivity index (χ4v) is 13.5. The van der Waals surface area contributed by atoms with Gasteiger partial charge >= 0.3 is 0 Å². The molecule has 4 heterocycles. The number of rotatable bonds is 4. The number of hydrogen-bond donors (Lipinski definition) is 0. The van der Waals surface area contributed by atoms with E-state index in [2.05, 4.69) is 223 Å². The minimum Gasteiger partial charge on any atom is -0.456 e. The van der Waals surface area contributed by atoms with Crippen molar-refractivity contribution in [1.82, 2.24) is 0 Å². The number of anilines is 6. The van der Waals surface area contributed by atoms with Crippen molar-refractivity contribution in [2.24, 2.45) is 0 Å². The zero-order chi connectivity index (χ0) is 42.3. The molecule has 0 saturated heterocycles. The summed E-state index contributed by atoms with van der Waals surface area (Å²) in [6, 6.07) is 73.9. The average molecular weight is 835 g/mol. The molecule has 0 saturated carbocycles. The molecule has 0 bridgehead atoms. The molecule has 0 aliphatic carbocycles. The molecule has 0 radical (unpaired) electrons. The predicted octanol–water partition coefficient (Wildman–Crippen LogP) is 12.7. The Labute approximate surface area is 371 Å². The number of para-hydroxylation sites is 4. The molecule has 300 valence electrons. The molecule has 0 fully saturated rings. The second-order valence-electron chi connectivity index (χ2n) is 18.0. The Bertz CT molecular complexity index is 3670. The molecule has 0 spiro atoms. The van der Waals surface area contributed by atoms with Gasteiger partial charge in [0, 0.05) is 66.4 Å². The van der Waals surface area contributed by atoms with E-state index in [-0.39, 0.29) is 6.71 Å². The van der Waals surface area contributed by atoms with Gasteiger partial charge in [-0.3, -0.25) is 0 Å². The maximum absolute atomic E-state index is 6.51. The maximum Gasteiger partial charge on any atom is 0.252 e. The van der Waals surface area contributed by atoms with Crippen LogP contribution in [0.2, 0.25) is 13.1 Å². The number of fused-ring (bicyclic) bond motifs is 14. The van der Waals surface area contributed by atoms with Crippen molar-refractivity contribution in [2.75, 3.05) is 9.80 Å². The third-order valence-electron chi connectivity index (χ3n) is 14.3. The zero-order valence-corrected chi connectivity index (χ0v) is 36.3. The van der Waals surface area contributed by atoms with Gasteiger partial charge in [-0.25, -0.2) is 0 Å². The van der Waals surface area contributed by atoms with Crippen molar-refractivity contribution in [2.45, 2.75) is 13.1 Å². The minimum absolute atomic E-state index is 0.0622. The largest absolute Gasteiger partial charge is 0.456 e. The van der Waals surface area contributed by atoms with E-state index in [9.17, 15) is 0 Å². The third-order valence-corrected chi connectivity index (χ3v) is 17.8. The fraction of sp³-hybridized carbons (Fsp3) is 0.0345. The van der Waals surface area contributed by atoms with Gasteiger partial charge in [0.1, 0.15) is 30.4 Å². The lowest BCUT2D eigenvalue weighted by atomic mass is 9.33. The molecule has 6 heteroatoms. The molecule has 2 aliphatic rings. The Balaban J connectivity index is 1.16. The highest BCUT2D eigenvalue weighted by molar-refractivity contribution is 7.02. The Morgan fingerprint density at radius 3 is 1.30 bits per heavy atom. The first-order valence-electron chi connectivity index (χ1n) is 22.2. The first-order valence-corrected chi connectivity index (χ1v) is 25.2. The Morgan fingerprint density at radius 1 is 0.375 bits per heavy atom. The van der Waals surface area contributed by atoms with Crippen LogP contribution in [0.15, 0.2) is 209 Å². The number of furan rings is 2. The molecule has 64 heavy (non-hydrogen) atoms. The summed E-state index contributed by atoms with van der Waals surface area (Å²) in [6.07, 6.45) is 0. The van der Waals surface area contributed by atoms with Crippen LogP contribution in [0.3, 0.4) is 0 Å². The van der Waals surface area contributed by atoms with Gasteiger partial charge < -0.3 is 18.6 Å². The highest BCUT2D eigenvalue weighted by Gasteiger charge is 2.46. The van der Waals surface area contributed by atoms with E-state index in [1.165, 1.54) is 60.3 Å². The Kier molecular flexibility index (Phi) is 7.33. The van der Waals surface area contributed by atoms with Crippen LogP contribution in [0.4, 0.5) is 34.1 Å². The second kappa shape index (κ2) is 13.1. The first kappa shape index (κ1) is 35.8. The van der Waals surface area contributed by atoms with Gasteiger partial charge in [0.05, 0.1) is 0 Å². The lowest BCUT2D eigenvalue weighted by Gasteiger charge is -2.45. The van der Waals surface area contributed by atoms with Crippen LogP contribution in [-0.4, -0.2) is 14.8 Å². The van der Waals surface area contributed by atoms with Gasteiger partial charge in [-0.1, -0.05) is 151 Å². The van der Waals surface area contributed by atoms with Gasteiger partial charge in [0.15, 0.2) is 0 Å². The standard InChI is InChI=1S/C58H39BN2O2Si/c1-64(2,40-20-10-5-11-21-40)41-32-50-56-51(33-41)61(39-18-8-4-9-19-39)58-45-35-47-43-23-13-15-25-53(43)63-55(47)31-37(45)27-29-49(58)59(56)48-28-26-36-30-54-46(42-22-12-14-24-52(42)62-54)34-44(36)57(48)60(50)38-16-6-3-7-17-38/h3-35H,1-2H3. The molecule has 2 aromatic heterocycles. The van der Waals surface area contributed by atoms with E-state index in [0.717, 1.165) is 66.0 Å². The monoisotopic (exact) mass is 834 g/mol. The van der Waals surface area contributed by atoms with Crippen molar-refractivity contribution in [3.63, 3.8) is 0 Å². The van der Waals surface area contributed by atoms with Crippen molar-refractivity contribution in [3.05, 3.63) is 200 Å². The van der Waals surface area contributed by atoms with Crippen molar-refractivity contribution < 1.29 is 8.83 Å². The summed E-state index contributed by atoms with van der Waals surface area (Å²) in [6.45, 7) is 4.95. The molecular weight excluding hydrogens is 796 g/mol. The quantitative estimate of drug-likeness (QED) is 0.165. The highest BCUT2D eigenvalue weighted by atomic mass is 28.3. The summed E-state index contributed by atoms with van der Waals surface area (Å²) in [5.74, 6) is 0. The van der Waals surface area contributed by atoms with Gasteiger partial charge in [-0.15, -0.1) is 0 Å². The molecule has 10 aromatic carbocycles. The van der Waals surface area contributed by atoms with Gasteiger partial charge in [0.2, 0.25) is 0 Å². The molecule has 0 unspecified atom stereocenters. The average Bonchev–Trinajstić information content (AvgIpc) is 3.90. The molecule has 0 atom stereocenters. The highest BCUT2D eigenvalue weighted by Crippen LogP contribution is 2.48. The fourth-order valence-electron chi connectivity index (χ4n) is 11.1. The summed E-state index contributed by atoms with van der Waals surface area (Å²) >= 11 is 0. The van der Waals surface area contributed by atoms with E-state index in [0.29, 0.717) is 0 Å². The summed E-state index contributed by atoms with van der Waals surface area (Å²) < 4.78 is 13.0. The predicted molar refractivity (Wildman–Crippen MR) is 273 cm³/mol. The summed E-state index contributed by atoms with van der Waals surface area (Å²) in [5.41, 5.74) is 14.7. The molecule has 0 N–H and O–H groups in total. The lowest BCUT2D eigenvalue weighted by Crippen LogP contribution is -2.63. The van der Waals surface area contributed by atoms with Crippen molar-refractivity contribution in [1.29, 1.82) is 0 Å². The molecular formula is C58H39BN2O2Si. The number of hydrogen-bond acceptors (Lipinski definition) is 4. The van der Waals surface area contributed by atoms with E-state index in [1.54, 1.807) is 0 Å². The molecule has 0 amide bonds. The molecule has 14 rings (SSSR count). The normalized spacial score (nSPS) is 13.4. The Morgan fingerprint density at radius 2 is 0.812 bits per heavy atom.